The van der Waals surface area contributed by atoms with Crippen LogP contribution in [0, 0.1) is 0 Å². The number of hydrogen-bond acceptors (Lipinski definition) is 5. The quantitative estimate of drug-likeness (QED) is 0.618. The van der Waals surface area contributed by atoms with Gasteiger partial charge in [-0.1, -0.05) is 12.1 Å². The molecule has 0 spiro atoms. The number of rotatable bonds is 1. The second kappa shape index (κ2) is 6.19. The zero-order valence-electron chi connectivity index (χ0n) is 8.09. The van der Waals surface area contributed by atoms with Gasteiger partial charge in [-0.2, -0.15) is 19.8 Å². The fourth-order valence-electron chi connectivity index (χ4n) is 1.06. The largest absolute Gasteiger partial charge is 0.313 e. The van der Waals surface area contributed by atoms with Crippen molar-refractivity contribution in [2.24, 2.45) is 0 Å². The lowest BCUT2D eigenvalue weighted by Crippen LogP contribution is -2.51. The van der Waals surface area contributed by atoms with Gasteiger partial charge in [-0.15, -0.1) is 0 Å². The van der Waals surface area contributed by atoms with Gasteiger partial charge >= 0.3 is 0 Å². The van der Waals surface area contributed by atoms with E-state index in [0.29, 0.717) is 6.54 Å². The van der Waals surface area contributed by atoms with E-state index in [1.54, 1.807) is 11.3 Å². The summed E-state index contributed by atoms with van der Waals surface area (Å²) in [5.41, 5.74) is 0. The van der Waals surface area contributed by atoms with Crippen LogP contribution in [-0.2, 0) is 10.1 Å². The highest BCUT2D eigenvalue weighted by Gasteiger charge is 2.23. The molecule has 0 aromatic carbocycles. The second-order valence-corrected chi connectivity index (χ2v) is 5.37. The maximum Gasteiger partial charge on any atom is 0.282 e. The number of piperazine rings is 1. The van der Waals surface area contributed by atoms with E-state index in [1.807, 2.05) is 22.9 Å². The second-order valence-electron chi connectivity index (χ2n) is 2.96. The van der Waals surface area contributed by atoms with Crippen molar-refractivity contribution in [3.05, 3.63) is 22.9 Å². The van der Waals surface area contributed by atoms with Crippen LogP contribution in [0.4, 0.5) is 0 Å². The molecule has 1 aromatic heterocycles. The third-order valence-corrected chi connectivity index (χ3v) is 3.47. The summed E-state index contributed by atoms with van der Waals surface area (Å²) >= 11 is 1.71. The molecule has 1 aliphatic rings. The summed E-state index contributed by atoms with van der Waals surface area (Å²) in [5, 5.41) is 8.75. The van der Waals surface area contributed by atoms with Gasteiger partial charge in [0.05, 0.1) is 0 Å². The summed E-state index contributed by atoms with van der Waals surface area (Å²) in [6.07, 6.45) is 0. The molecule has 1 fully saturated rings. The van der Waals surface area contributed by atoms with Crippen molar-refractivity contribution in [2.45, 2.75) is 5.37 Å². The van der Waals surface area contributed by atoms with Crippen molar-refractivity contribution < 1.29 is 13.0 Å². The molecule has 3 N–H and O–H groups in total. The third kappa shape index (κ3) is 5.24. The SMILES string of the molecule is O=S(=O)(O)C1CNCCN1.c1ccsc1. The normalized spacial score (nSPS) is 21.5. The van der Waals surface area contributed by atoms with Gasteiger partial charge in [0.2, 0.25) is 0 Å². The van der Waals surface area contributed by atoms with Crippen LogP contribution in [0.25, 0.3) is 0 Å². The molecule has 0 amide bonds. The van der Waals surface area contributed by atoms with E-state index in [9.17, 15) is 8.42 Å². The maximum atomic E-state index is 10.4. The number of hydrogen-bond donors (Lipinski definition) is 3. The minimum absolute atomic E-state index is 0.277. The fourth-order valence-corrected chi connectivity index (χ4v) is 2.17. The molecule has 1 atom stereocenters. The smallest absolute Gasteiger partial charge is 0.282 e. The lowest BCUT2D eigenvalue weighted by molar-refractivity contribution is 0.419. The maximum absolute atomic E-state index is 10.4. The van der Waals surface area contributed by atoms with Crippen LogP contribution >= 0.6 is 11.3 Å². The van der Waals surface area contributed by atoms with Crippen LogP contribution in [-0.4, -0.2) is 38.0 Å². The first-order valence-electron chi connectivity index (χ1n) is 4.48. The fraction of sp³-hybridized carbons (Fsp3) is 0.500. The van der Waals surface area contributed by atoms with E-state index in [4.69, 9.17) is 4.55 Å². The minimum atomic E-state index is -3.90. The molecule has 2 heterocycles. The van der Waals surface area contributed by atoms with Crippen molar-refractivity contribution in [2.75, 3.05) is 19.6 Å². The summed E-state index contributed by atoms with van der Waals surface area (Å²) in [5.74, 6) is 0. The Labute approximate surface area is 93.3 Å². The Morgan fingerprint density at radius 2 is 1.93 bits per heavy atom. The van der Waals surface area contributed by atoms with E-state index < -0.39 is 15.5 Å². The first kappa shape index (κ1) is 12.6. The van der Waals surface area contributed by atoms with Gasteiger partial charge in [0.1, 0.15) is 5.37 Å². The first-order valence-corrected chi connectivity index (χ1v) is 6.93. The average Bonchev–Trinajstić information content (AvgIpc) is 2.76. The lowest BCUT2D eigenvalue weighted by Gasteiger charge is -2.21. The van der Waals surface area contributed by atoms with Crippen LogP contribution < -0.4 is 10.6 Å². The molecule has 5 nitrogen and oxygen atoms in total. The van der Waals surface area contributed by atoms with Gasteiger partial charge in [0, 0.05) is 19.6 Å². The molecular formula is C8H14N2O3S2. The molecule has 1 saturated heterocycles. The zero-order valence-corrected chi connectivity index (χ0v) is 9.72. The molecule has 7 heteroatoms. The minimum Gasteiger partial charge on any atom is -0.313 e. The highest BCUT2D eigenvalue weighted by Crippen LogP contribution is 1.94. The molecule has 1 aliphatic heterocycles. The highest BCUT2D eigenvalue weighted by molar-refractivity contribution is 7.86. The van der Waals surface area contributed by atoms with Crippen LogP contribution in [0.2, 0.25) is 0 Å². The predicted octanol–water partition coefficient (Wildman–Crippen LogP) is 0.141. The standard InChI is InChI=1S/C4H10N2O3S.C4H4S/c7-10(8,9)4-3-5-1-2-6-4;1-2-4-5-3-1/h4-6H,1-3H2,(H,7,8,9);1-4H. The van der Waals surface area contributed by atoms with Crippen molar-refractivity contribution in [3.63, 3.8) is 0 Å². The Bertz CT molecular complexity index is 327. The van der Waals surface area contributed by atoms with Crippen molar-refractivity contribution in [3.8, 4) is 0 Å². The van der Waals surface area contributed by atoms with Gasteiger partial charge in [0.25, 0.3) is 10.1 Å². The Kier molecular flexibility index (Phi) is 5.20. The summed E-state index contributed by atoms with van der Waals surface area (Å²) in [7, 11) is -3.90. The first-order chi connectivity index (χ1) is 7.11. The van der Waals surface area contributed by atoms with E-state index in [-0.39, 0.29) is 6.54 Å². The topological polar surface area (TPSA) is 78.4 Å². The van der Waals surface area contributed by atoms with Gasteiger partial charge in [-0.05, 0) is 10.8 Å². The van der Waals surface area contributed by atoms with Crippen LogP contribution in [0.1, 0.15) is 0 Å². The summed E-state index contributed by atoms with van der Waals surface area (Å²) < 4.78 is 29.4. The molecule has 1 aromatic rings. The molecule has 0 saturated carbocycles. The molecule has 0 aliphatic carbocycles. The zero-order chi connectivity index (χ0) is 11.1. The lowest BCUT2D eigenvalue weighted by atomic mass is 10.4. The van der Waals surface area contributed by atoms with Gasteiger partial charge in [-0.3, -0.25) is 9.87 Å². The predicted molar refractivity (Wildman–Crippen MR) is 60.5 cm³/mol. The summed E-state index contributed by atoms with van der Waals surface area (Å²) in [6.45, 7) is 1.59. The van der Waals surface area contributed by atoms with E-state index in [0.717, 1.165) is 6.54 Å². The highest BCUT2D eigenvalue weighted by atomic mass is 32.2. The Morgan fingerprint density at radius 3 is 2.20 bits per heavy atom. The molecule has 1 unspecified atom stereocenters. The molecule has 15 heavy (non-hydrogen) atoms. The van der Waals surface area contributed by atoms with Crippen LogP contribution in [0.3, 0.4) is 0 Å². The Hall–Kier alpha value is -0.470. The molecule has 86 valence electrons. The number of nitrogens with one attached hydrogen (secondary N) is 2. The summed E-state index contributed by atoms with van der Waals surface area (Å²) in [4.78, 5) is 0. The van der Waals surface area contributed by atoms with E-state index in [1.165, 1.54) is 0 Å². The van der Waals surface area contributed by atoms with Crippen LogP contribution in [0.5, 0.6) is 0 Å². The summed E-state index contributed by atoms with van der Waals surface area (Å²) in [6, 6.07) is 4.04. The van der Waals surface area contributed by atoms with Crippen LogP contribution in [0.15, 0.2) is 22.9 Å². The number of thiophene rings is 1. The molecule has 0 bridgehead atoms. The van der Waals surface area contributed by atoms with E-state index in [2.05, 4.69) is 10.6 Å². The molecular weight excluding hydrogens is 236 g/mol. The van der Waals surface area contributed by atoms with Crippen molar-refractivity contribution in [1.29, 1.82) is 0 Å². The third-order valence-electron chi connectivity index (χ3n) is 1.79. The van der Waals surface area contributed by atoms with Crippen molar-refractivity contribution in [1.82, 2.24) is 10.6 Å². The van der Waals surface area contributed by atoms with Gasteiger partial charge < -0.3 is 5.32 Å². The molecule has 0 radical (unpaired) electrons. The Morgan fingerprint density at radius 1 is 1.27 bits per heavy atom. The van der Waals surface area contributed by atoms with E-state index >= 15 is 0 Å². The monoisotopic (exact) mass is 250 g/mol. The average molecular weight is 250 g/mol. The van der Waals surface area contributed by atoms with Crippen molar-refractivity contribution >= 4 is 21.5 Å². The van der Waals surface area contributed by atoms with Gasteiger partial charge in [0.15, 0.2) is 0 Å². The Balaban J connectivity index is 0.000000187. The van der Waals surface area contributed by atoms with Gasteiger partial charge in [-0.25, -0.2) is 0 Å². The molecule has 2 rings (SSSR count).